The van der Waals surface area contributed by atoms with Gasteiger partial charge in [0.2, 0.25) is 5.91 Å². The summed E-state index contributed by atoms with van der Waals surface area (Å²) < 4.78 is 4.92. The molecule has 0 aliphatic rings. The van der Waals surface area contributed by atoms with Crippen LogP contribution in [0.3, 0.4) is 0 Å². The van der Waals surface area contributed by atoms with Gasteiger partial charge in [0.25, 0.3) is 0 Å². The predicted molar refractivity (Wildman–Crippen MR) is 83.1 cm³/mol. The molecule has 106 valence electrons. The Balaban J connectivity index is 1.97. The fourth-order valence-electron chi connectivity index (χ4n) is 1.81. The topological polar surface area (TPSA) is 50.4 Å². The molecule has 2 rings (SSSR count). The molecule has 2 N–H and O–H groups in total. The van der Waals surface area contributed by atoms with Crippen LogP contribution in [0.5, 0.6) is 0 Å². The largest absolute Gasteiger partial charge is 0.383 e. The Kier molecular flexibility index (Phi) is 5.73. The van der Waals surface area contributed by atoms with Crippen LogP contribution in [-0.4, -0.2) is 32.7 Å². The number of nitrogens with one attached hydrogen (secondary N) is 2. The molecule has 1 heterocycles. The zero-order valence-electron chi connectivity index (χ0n) is 11.4. The number of hydrogen-bond donors (Lipinski definition) is 2. The third-order valence-corrected chi connectivity index (χ3v) is 3.66. The van der Waals surface area contributed by atoms with E-state index in [1.54, 1.807) is 18.4 Å². The lowest BCUT2D eigenvalue weighted by molar-refractivity contribution is -0.115. The summed E-state index contributed by atoms with van der Waals surface area (Å²) in [6.07, 6.45) is 0. The number of carbonyl (C=O) groups excluding carboxylic acids is 1. The number of ether oxygens (including phenoxy) is 1. The summed E-state index contributed by atoms with van der Waals surface area (Å²) >= 11 is 1.66. The maximum Gasteiger partial charge on any atom is 0.238 e. The maximum atomic E-state index is 11.9. The van der Waals surface area contributed by atoms with E-state index >= 15 is 0 Å². The molecule has 0 saturated carbocycles. The molecule has 2 aromatic rings. The van der Waals surface area contributed by atoms with E-state index in [1.165, 1.54) is 0 Å². The number of benzene rings is 1. The van der Waals surface area contributed by atoms with E-state index in [9.17, 15) is 4.79 Å². The van der Waals surface area contributed by atoms with Crippen LogP contribution >= 0.6 is 11.3 Å². The van der Waals surface area contributed by atoms with E-state index in [4.69, 9.17) is 4.74 Å². The minimum atomic E-state index is -0.0508. The van der Waals surface area contributed by atoms with Gasteiger partial charge in [-0.05, 0) is 17.5 Å². The Morgan fingerprint density at radius 3 is 2.85 bits per heavy atom. The van der Waals surface area contributed by atoms with Crippen molar-refractivity contribution in [3.63, 3.8) is 0 Å². The van der Waals surface area contributed by atoms with E-state index in [1.807, 2.05) is 41.8 Å². The highest BCUT2D eigenvalue weighted by molar-refractivity contribution is 7.13. The van der Waals surface area contributed by atoms with Crippen molar-refractivity contribution >= 4 is 22.9 Å². The van der Waals surface area contributed by atoms with Crippen LogP contribution in [0.1, 0.15) is 0 Å². The first-order valence-corrected chi connectivity index (χ1v) is 7.31. The molecule has 1 aromatic carbocycles. The molecule has 0 fully saturated rings. The number of thiophene rings is 1. The zero-order chi connectivity index (χ0) is 14.2. The quantitative estimate of drug-likeness (QED) is 0.771. The highest BCUT2D eigenvalue weighted by Gasteiger charge is 2.08. The van der Waals surface area contributed by atoms with E-state index in [0.29, 0.717) is 13.2 Å². The number of rotatable bonds is 7. The first-order chi connectivity index (χ1) is 9.81. The molecular weight excluding hydrogens is 272 g/mol. The predicted octanol–water partition coefficient (Wildman–Crippen LogP) is 2.59. The average molecular weight is 290 g/mol. The molecule has 0 unspecified atom stereocenters. The van der Waals surface area contributed by atoms with Crippen LogP contribution in [0.15, 0.2) is 41.8 Å². The van der Waals surface area contributed by atoms with Gasteiger partial charge in [0.15, 0.2) is 0 Å². The van der Waals surface area contributed by atoms with Gasteiger partial charge in [0.1, 0.15) is 0 Å². The van der Waals surface area contributed by atoms with Crippen LogP contribution in [-0.2, 0) is 9.53 Å². The molecule has 0 bridgehead atoms. The lowest BCUT2D eigenvalue weighted by Gasteiger charge is -2.10. The standard InChI is InChI=1S/C15H18N2O2S/c1-19-9-8-16-11-15(18)17-13-6-3-2-5-12(13)14-7-4-10-20-14/h2-7,10,16H,8-9,11H2,1H3,(H,17,18). The third-order valence-electron chi connectivity index (χ3n) is 2.76. The number of methoxy groups -OCH3 is 1. The van der Waals surface area contributed by atoms with E-state index < -0.39 is 0 Å². The summed E-state index contributed by atoms with van der Waals surface area (Å²) in [4.78, 5) is 13.0. The molecule has 0 aliphatic heterocycles. The normalized spacial score (nSPS) is 10.4. The second kappa shape index (κ2) is 7.79. The summed E-state index contributed by atoms with van der Waals surface area (Å²) in [5, 5.41) is 7.99. The van der Waals surface area contributed by atoms with Gasteiger partial charge >= 0.3 is 0 Å². The van der Waals surface area contributed by atoms with Gasteiger partial charge in [-0.3, -0.25) is 4.79 Å². The first-order valence-electron chi connectivity index (χ1n) is 6.43. The molecule has 0 aliphatic carbocycles. The summed E-state index contributed by atoms with van der Waals surface area (Å²) in [7, 11) is 1.64. The van der Waals surface area contributed by atoms with Crippen LogP contribution in [0, 0.1) is 0 Å². The Bertz CT molecular complexity index is 541. The summed E-state index contributed by atoms with van der Waals surface area (Å²) in [6.45, 7) is 1.54. The first kappa shape index (κ1) is 14.7. The Hall–Kier alpha value is -1.69. The highest BCUT2D eigenvalue weighted by Crippen LogP contribution is 2.31. The molecule has 1 amide bonds. The molecule has 0 radical (unpaired) electrons. The number of anilines is 1. The van der Waals surface area contributed by atoms with Crippen molar-refractivity contribution in [1.29, 1.82) is 0 Å². The summed E-state index contributed by atoms with van der Waals surface area (Å²) in [5.41, 5.74) is 1.89. The van der Waals surface area contributed by atoms with Crippen LogP contribution in [0.25, 0.3) is 10.4 Å². The maximum absolute atomic E-state index is 11.9. The van der Waals surface area contributed by atoms with Crippen molar-refractivity contribution in [3.05, 3.63) is 41.8 Å². The van der Waals surface area contributed by atoms with Crippen molar-refractivity contribution in [2.75, 3.05) is 32.1 Å². The lowest BCUT2D eigenvalue weighted by Crippen LogP contribution is -2.30. The molecule has 20 heavy (non-hydrogen) atoms. The van der Waals surface area contributed by atoms with Gasteiger partial charge in [-0.2, -0.15) is 0 Å². The fourth-order valence-corrected chi connectivity index (χ4v) is 2.58. The van der Waals surface area contributed by atoms with E-state index in [2.05, 4.69) is 10.6 Å². The Labute approximate surface area is 122 Å². The van der Waals surface area contributed by atoms with E-state index in [-0.39, 0.29) is 12.5 Å². The summed E-state index contributed by atoms with van der Waals surface area (Å²) in [6, 6.07) is 11.9. The minimum absolute atomic E-state index is 0.0508. The van der Waals surface area contributed by atoms with Crippen LogP contribution in [0.2, 0.25) is 0 Å². The SMILES string of the molecule is COCCNCC(=O)Nc1ccccc1-c1cccs1. The highest BCUT2D eigenvalue weighted by atomic mass is 32.1. The van der Waals surface area contributed by atoms with Crippen molar-refractivity contribution < 1.29 is 9.53 Å². The molecule has 0 atom stereocenters. The van der Waals surface area contributed by atoms with E-state index in [0.717, 1.165) is 16.1 Å². The number of carbonyl (C=O) groups is 1. The number of para-hydroxylation sites is 1. The van der Waals surface area contributed by atoms with Crippen LogP contribution in [0.4, 0.5) is 5.69 Å². The minimum Gasteiger partial charge on any atom is -0.383 e. The van der Waals surface area contributed by atoms with Crippen LogP contribution < -0.4 is 10.6 Å². The zero-order valence-corrected chi connectivity index (χ0v) is 12.2. The van der Waals surface area contributed by atoms with Crippen molar-refractivity contribution in [2.45, 2.75) is 0 Å². The Morgan fingerprint density at radius 2 is 2.10 bits per heavy atom. The second-order valence-electron chi connectivity index (χ2n) is 4.24. The number of hydrogen-bond acceptors (Lipinski definition) is 4. The molecular formula is C15H18N2O2S. The van der Waals surface area contributed by atoms with Gasteiger partial charge in [-0.1, -0.05) is 24.3 Å². The fraction of sp³-hybridized carbons (Fsp3) is 0.267. The lowest BCUT2D eigenvalue weighted by atomic mass is 10.1. The van der Waals surface area contributed by atoms with Gasteiger partial charge in [-0.25, -0.2) is 0 Å². The third kappa shape index (κ3) is 4.16. The number of amides is 1. The van der Waals surface area contributed by atoms with Crippen molar-refractivity contribution in [2.24, 2.45) is 0 Å². The smallest absolute Gasteiger partial charge is 0.238 e. The van der Waals surface area contributed by atoms with Crippen molar-refractivity contribution in [3.8, 4) is 10.4 Å². The molecule has 0 saturated heterocycles. The summed E-state index contributed by atoms with van der Waals surface area (Å²) in [5.74, 6) is -0.0508. The van der Waals surface area contributed by atoms with Gasteiger partial charge in [-0.15, -0.1) is 11.3 Å². The van der Waals surface area contributed by atoms with Gasteiger partial charge in [0.05, 0.1) is 13.2 Å². The van der Waals surface area contributed by atoms with Gasteiger partial charge in [0, 0.05) is 29.8 Å². The Morgan fingerprint density at radius 1 is 1.25 bits per heavy atom. The molecule has 4 nitrogen and oxygen atoms in total. The average Bonchev–Trinajstić information content (AvgIpc) is 2.98. The van der Waals surface area contributed by atoms with Gasteiger partial charge < -0.3 is 15.4 Å². The monoisotopic (exact) mass is 290 g/mol. The van der Waals surface area contributed by atoms with Crippen molar-refractivity contribution in [1.82, 2.24) is 5.32 Å². The molecule has 1 aromatic heterocycles. The second-order valence-corrected chi connectivity index (χ2v) is 5.19. The molecule has 0 spiro atoms. The molecule has 5 heteroatoms.